The van der Waals surface area contributed by atoms with E-state index in [0.29, 0.717) is 11.8 Å². The number of fused-ring (bicyclic) bond motifs is 1. The summed E-state index contributed by atoms with van der Waals surface area (Å²) in [4.78, 5) is 0. The SMILES string of the molecule is Cc1cc(CNC2Cc3ccccc3C2)c(C)c(C)c1O. The molecule has 0 atom stereocenters. The second kappa shape index (κ2) is 5.53. The third-order valence-corrected chi connectivity index (χ3v) is 4.80. The van der Waals surface area contributed by atoms with E-state index >= 15 is 0 Å². The average molecular weight is 281 g/mol. The van der Waals surface area contributed by atoms with Crippen LogP contribution in [0.25, 0.3) is 0 Å². The molecule has 0 unspecified atom stereocenters. The summed E-state index contributed by atoms with van der Waals surface area (Å²) in [5.41, 5.74) is 7.40. The number of hydrogen-bond donors (Lipinski definition) is 2. The van der Waals surface area contributed by atoms with Gasteiger partial charge in [-0.15, -0.1) is 0 Å². The van der Waals surface area contributed by atoms with Gasteiger partial charge in [-0.3, -0.25) is 0 Å². The minimum absolute atomic E-state index is 0.435. The molecule has 1 aliphatic rings. The molecule has 2 aromatic carbocycles. The van der Waals surface area contributed by atoms with Gasteiger partial charge in [0, 0.05) is 12.6 Å². The van der Waals surface area contributed by atoms with Gasteiger partial charge < -0.3 is 10.4 Å². The van der Waals surface area contributed by atoms with Crippen molar-refractivity contribution in [2.45, 2.75) is 46.2 Å². The van der Waals surface area contributed by atoms with E-state index in [2.05, 4.69) is 42.6 Å². The van der Waals surface area contributed by atoms with Crippen LogP contribution in [-0.2, 0) is 19.4 Å². The summed E-state index contributed by atoms with van der Waals surface area (Å²) in [6.07, 6.45) is 2.23. The lowest BCUT2D eigenvalue weighted by Crippen LogP contribution is -2.29. The van der Waals surface area contributed by atoms with Crippen LogP contribution in [-0.4, -0.2) is 11.1 Å². The van der Waals surface area contributed by atoms with Gasteiger partial charge in [0.05, 0.1) is 0 Å². The van der Waals surface area contributed by atoms with Crippen LogP contribution >= 0.6 is 0 Å². The van der Waals surface area contributed by atoms with Gasteiger partial charge in [0.15, 0.2) is 0 Å². The smallest absolute Gasteiger partial charge is 0.121 e. The van der Waals surface area contributed by atoms with E-state index in [1.165, 1.54) is 22.3 Å². The summed E-state index contributed by atoms with van der Waals surface area (Å²) in [5, 5.41) is 13.7. The molecule has 0 aromatic heterocycles. The number of nitrogens with one attached hydrogen (secondary N) is 1. The molecule has 21 heavy (non-hydrogen) atoms. The van der Waals surface area contributed by atoms with Crippen LogP contribution in [0, 0.1) is 20.8 Å². The highest BCUT2D eigenvalue weighted by molar-refractivity contribution is 5.48. The molecule has 2 N–H and O–H groups in total. The standard InChI is InChI=1S/C19H23NO/c1-12-8-17(13(2)14(3)19(12)21)11-20-18-9-15-6-4-5-7-16(15)10-18/h4-8,18,20-21H,9-11H2,1-3H3. The lowest BCUT2D eigenvalue weighted by Gasteiger charge is -2.16. The second-order valence-corrected chi connectivity index (χ2v) is 6.21. The van der Waals surface area contributed by atoms with Gasteiger partial charge in [0.2, 0.25) is 0 Å². The molecule has 0 saturated heterocycles. The van der Waals surface area contributed by atoms with Gasteiger partial charge in [0.25, 0.3) is 0 Å². The van der Waals surface area contributed by atoms with Crippen molar-refractivity contribution in [2.75, 3.05) is 0 Å². The number of benzene rings is 2. The maximum atomic E-state index is 9.99. The Balaban J connectivity index is 1.70. The van der Waals surface area contributed by atoms with Gasteiger partial charge in [-0.25, -0.2) is 0 Å². The van der Waals surface area contributed by atoms with Crippen molar-refractivity contribution in [1.29, 1.82) is 0 Å². The van der Waals surface area contributed by atoms with E-state index in [0.717, 1.165) is 30.5 Å². The largest absolute Gasteiger partial charge is 0.507 e. The average Bonchev–Trinajstić information content (AvgIpc) is 2.90. The zero-order chi connectivity index (χ0) is 15.0. The molecule has 2 nitrogen and oxygen atoms in total. The quantitative estimate of drug-likeness (QED) is 0.901. The van der Waals surface area contributed by atoms with Crippen LogP contribution in [0.2, 0.25) is 0 Å². The summed E-state index contributed by atoms with van der Waals surface area (Å²) >= 11 is 0. The van der Waals surface area contributed by atoms with Crippen LogP contribution in [0.15, 0.2) is 30.3 Å². The van der Waals surface area contributed by atoms with Gasteiger partial charge >= 0.3 is 0 Å². The Kier molecular flexibility index (Phi) is 3.73. The Morgan fingerprint density at radius 1 is 1.05 bits per heavy atom. The van der Waals surface area contributed by atoms with Gasteiger partial charge in [0.1, 0.15) is 5.75 Å². The van der Waals surface area contributed by atoms with E-state index < -0.39 is 0 Å². The minimum Gasteiger partial charge on any atom is -0.507 e. The van der Waals surface area contributed by atoms with Crippen LogP contribution in [0.4, 0.5) is 0 Å². The fraction of sp³-hybridized carbons (Fsp3) is 0.368. The molecule has 0 bridgehead atoms. The Morgan fingerprint density at radius 3 is 2.29 bits per heavy atom. The van der Waals surface area contributed by atoms with Crippen molar-refractivity contribution in [3.05, 3.63) is 63.7 Å². The molecule has 1 aliphatic carbocycles. The summed E-state index contributed by atoms with van der Waals surface area (Å²) in [6, 6.07) is 11.3. The van der Waals surface area contributed by atoms with Crippen LogP contribution in [0.3, 0.4) is 0 Å². The molecule has 110 valence electrons. The van der Waals surface area contributed by atoms with Crippen molar-refractivity contribution in [3.63, 3.8) is 0 Å². The Hall–Kier alpha value is -1.80. The normalized spacial score (nSPS) is 14.4. The predicted molar refractivity (Wildman–Crippen MR) is 86.8 cm³/mol. The summed E-state index contributed by atoms with van der Waals surface area (Å²) in [6.45, 7) is 6.92. The lowest BCUT2D eigenvalue weighted by atomic mass is 9.98. The predicted octanol–water partition coefficient (Wildman–Crippen LogP) is 3.57. The van der Waals surface area contributed by atoms with Gasteiger partial charge in [-0.2, -0.15) is 0 Å². The summed E-state index contributed by atoms with van der Waals surface area (Å²) < 4.78 is 0. The van der Waals surface area contributed by atoms with Crippen LogP contribution < -0.4 is 5.32 Å². The molecular formula is C19H23NO. The Morgan fingerprint density at radius 2 is 1.67 bits per heavy atom. The number of phenols is 1. The molecule has 0 fully saturated rings. The number of hydrogen-bond acceptors (Lipinski definition) is 2. The maximum Gasteiger partial charge on any atom is 0.121 e. The Labute approximate surface area is 126 Å². The van der Waals surface area contributed by atoms with Gasteiger partial charge in [-0.05, 0) is 67.0 Å². The van der Waals surface area contributed by atoms with Crippen molar-refractivity contribution in [3.8, 4) is 5.75 Å². The fourth-order valence-electron chi connectivity index (χ4n) is 3.29. The first-order valence-corrected chi connectivity index (χ1v) is 7.65. The molecule has 0 spiro atoms. The van der Waals surface area contributed by atoms with Crippen molar-refractivity contribution < 1.29 is 5.11 Å². The molecule has 0 radical (unpaired) electrons. The molecule has 2 aromatic rings. The zero-order valence-electron chi connectivity index (χ0n) is 13.0. The fourth-order valence-corrected chi connectivity index (χ4v) is 3.29. The van der Waals surface area contributed by atoms with Crippen molar-refractivity contribution in [2.24, 2.45) is 0 Å². The Bertz CT molecular complexity index is 651. The highest BCUT2D eigenvalue weighted by Gasteiger charge is 2.20. The highest BCUT2D eigenvalue weighted by Crippen LogP contribution is 2.28. The highest BCUT2D eigenvalue weighted by atomic mass is 16.3. The molecule has 0 amide bonds. The van der Waals surface area contributed by atoms with E-state index in [-0.39, 0.29) is 0 Å². The molecular weight excluding hydrogens is 258 g/mol. The second-order valence-electron chi connectivity index (χ2n) is 6.21. The first-order chi connectivity index (χ1) is 10.1. The first kappa shape index (κ1) is 14.2. The summed E-state index contributed by atoms with van der Waals surface area (Å²) in [7, 11) is 0. The minimum atomic E-state index is 0.435. The van der Waals surface area contributed by atoms with Crippen LogP contribution in [0.5, 0.6) is 5.75 Å². The number of phenolic OH excluding ortho intramolecular Hbond substituents is 1. The van der Waals surface area contributed by atoms with Crippen molar-refractivity contribution >= 4 is 0 Å². The van der Waals surface area contributed by atoms with E-state index in [1.54, 1.807) is 0 Å². The maximum absolute atomic E-state index is 9.99. The van der Waals surface area contributed by atoms with Crippen LogP contribution in [0.1, 0.15) is 33.4 Å². The molecule has 2 heteroatoms. The molecule has 0 heterocycles. The zero-order valence-corrected chi connectivity index (χ0v) is 13.0. The number of aromatic hydroxyl groups is 1. The molecule has 0 saturated carbocycles. The number of rotatable bonds is 3. The lowest BCUT2D eigenvalue weighted by molar-refractivity contribution is 0.465. The summed E-state index contributed by atoms with van der Waals surface area (Å²) in [5.74, 6) is 0.435. The van der Waals surface area contributed by atoms with E-state index in [4.69, 9.17) is 0 Å². The third kappa shape index (κ3) is 2.68. The van der Waals surface area contributed by atoms with E-state index in [9.17, 15) is 5.11 Å². The number of aryl methyl sites for hydroxylation is 1. The molecule has 3 rings (SSSR count). The van der Waals surface area contributed by atoms with Crippen molar-refractivity contribution in [1.82, 2.24) is 5.32 Å². The van der Waals surface area contributed by atoms with Gasteiger partial charge in [-0.1, -0.05) is 30.3 Å². The van der Waals surface area contributed by atoms with E-state index in [1.807, 2.05) is 13.8 Å². The first-order valence-electron chi connectivity index (χ1n) is 7.65. The topological polar surface area (TPSA) is 32.3 Å². The molecule has 0 aliphatic heterocycles. The monoisotopic (exact) mass is 281 g/mol. The third-order valence-electron chi connectivity index (χ3n) is 4.80.